The maximum Gasteiger partial charge on any atom is 0.315 e. The second kappa shape index (κ2) is 6.33. The predicted octanol–water partition coefficient (Wildman–Crippen LogP) is 2.52. The molecule has 1 heterocycles. The Kier molecular flexibility index (Phi) is 4.52. The van der Waals surface area contributed by atoms with E-state index in [-0.39, 0.29) is 0 Å². The Morgan fingerprint density at radius 3 is 2.47 bits per heavy atom. The minimum absolute atomic E-state index is 0.457. The number of aromatic nitrogens is 2. The molecule has 0 atom stereocenters. The van der Waals surface area contributed by atoms with E-state index in [1.54, 1.807) is 0 Å². The first-order chi connectivity index (χ1) is 9.19. The van der Waals surface area contributed by atoms with Crippen molar-refractivity contribution in [2.24, 2.45) is 0 Å². The van der Waals surface area contributed by atoms with Gasteiger partial charge in [0.25, 0.3) is 0 Å². The lowest BCUT2D eigenvalue weighted by Gasteiger charge is -2.06. The molecule has 102 valence electrons. The van der Waals surface area contributed by atoms with Crippen molar-refractivity contribution < 1.29 is 4.42 Å². The van der Waals surface area contributed by atoms with Crippen molar-refractivity contribution in [1.82, 2.24) is 15.5 Å². The van der Waals surface area contributed by atoms with Crippen LogP contribution in [0.5, 0.6) is 0 Å². The molecule has 0 spiro atoms. The van der Waals surface area contributed by atoms with Crippen LogP contribution in [0.4, 0.5) is 6.01 Å². The van der Waals surface area contributed by atoms with Crippen molar-refractivity contribution >= 4 is 6.01 Å². The van der Waals surface area contributed by atoms with Gasteiger partial charge in [0.2, 0.25) is 5.89 Å². The summed E-state index contributed by atoms with van der Waals surface area (Å²) in [6.07, 6.45) is 0. The molecule has 19 heavy (non-hydrogen) atoms. The third-order valence-corrected chi connectivity index (χ3v) is 2.88. The summed E-state index contributed by atoms with van der Waals surface area (Å²) in [7, 11) is 1.84. The fraction of sp³-hybridized carbons (Fsp3) is 0.429. The van der Waals surface area contributed by atoms with Crippen LogP contribution in [0.15, 0.2) is 28.7 Å². The Labute approximate surface area is 113 Å². The second-order valence-corrected chi connectivity index (χ2v) is 4.78. The molecule has 0 aliphatic heterocycles. The zero-order valence-electron chi connectivity index (χ0n) is 11.6. The zero-order chi connectivity index (χ0) is 13.7. The molecular weight excluding hydrogens is 240 g/mol. The number of rotatable bonds is 6. The molecule has 5 nitrogen and oxygen atoms in total. The van der Waals surface area contributed by atoms with Gasteiger partial charge < -0.3 is 15.1 Å². The summed E-state index contributed by atoms with van der Waals surface area (Å²) in [6.45, 7) is 5.64. The summed E-state index contributed by atoms with van der Waals surface area (Å²) < 4.78 is 5.41. The molecule has 0 radical (unpaired) electrons. The third kappa shape index (κ3) is 3.79. The lowest BCUT2D eigenvalue weighted by Crippen LogP contribution is -2.04. The number of benzene rings is 1. The van der Waals surface area contributed by atoms with Crippen LogP contribution in [0, 0.1) is 0 Å². The summed E-state index contributed by atoms with van der Waals surface area (Å²) in [5.41, 5.74) is 2.54. The van der Waals surface area contributed by atoms with E-state index in [1.807, 2.05) is 7.05 Å². The van der Waals surface area contributed by atoms with Crippen molar-refractivity contribution in [1.29, 1.82) is 0 Å². The number of anilines is 1. The van der Waals surface area contributed by atoms with Crippen LogP contribution in [0.2, 0.25) is 0 Å². The summed E-state index contributed by atoms with van der Waals surface area (Å²) >= 11 is 0. The third-order valence-electron chi connectivity index (χ3n) is 2.88. The van der Waals surface area contributed by atoms with E-state index in [9.17, 15) is 0 Å². The van der Waals surface area contributed by atoms with E-state index in [2.05, 4.69) is 58.9 Å². The van der Waals surface area contributed by atoms with Gasteiger partial charge in [-0.15, -0.1) is 5.10 Å². The van der Waals surface area contributed by atoms with Gasteiger partial charge in [0.15, 0.2) is 0 Å². The van der Waals surface area contributed by atoms with Crippen LogP contribution < -0.4 is 10.6 Å². The van der Waals surface area contributed by atoms with Gasteiger partial charge in [-0.25, -0.2) is 0 Å². The number of hydrogen-bond donors (Lipinski definition) is 2. The van der Waals surface area contributed by atoms with Crippen molar-refractivity contribution in [3.05, 3.63) is 41.3 Å². The molecule has 2 rings (SSSR count). The summed E-state index contributed by atoms with van der Waals surface area (Å²) in [4.78, 5) is 0. The first kappa shape index (κ1) is 13.5. The fourth-order valence-corrected chi connectivity index (χ4v) is 1.75. The highest BCUT2D eigenvalue weighted by Crippen LogP contribution is 2.15. The standard InChI is InChI=1S/C14H20N4O/c1-10(2)12-6-4-11(5-7-12)8-16-14-18-17-13(19-14)9-15-3/h4-7,10,15H,8-9H2,1-3H3,(H,16,18). The van der Waals surface area contributed by atoms with Gasteiger partial charge >= 0.3 is 6.01 Å². The lowest BCUT2D eigenvalue weighted by atomic mass is 10.0. The van der Waals surface area contributed by atoms with Crippen LogP contribution in [0.3, 0.4) is 0 Å². The Hall–Kier alpha value is -1.88. The average molecular weight is 260 g/mol. The van der Waals surface area contributed by atoms with E-state index in [0.717, 1.165) is 0 Å². The first-order valence-electron chi connectivity index (χ1n) is 6.48. The molecule has 0 unspecified atom stereocenters. The highest BCUT2D eigenvalue weighted by atomic mass is 16.4. The molecule has 0 saturated carbocycles. The lowest BCUT2D eigenvalue weighted by molar-refractivity contribution is 0.489. The van der Waals surface area contributed by atoms with E-state index in [0.29, 0.717) is 30.9 Å². The molecule has 2 N–H and O–H groups in total. The summed E-state index contributed by atoms with van der Waals surface area (Å²) in [5, 5.41) is 13.9. The van der Waals surface area contributed by atoms with Gasteiger partial charge in [-0.05, 0) is 24.1 Å². The normalized spacial score (nSPS) is 10.9. The van der Waals surface area contributed by atoms with Gasteiger partial charge in [0.05, 0.1) is 6.54 Å². The van der Waals surface area contributed by atoms with Crippen LogP contribution in [0.1, 0.15) is 36.8 Å². The van der Waals surface area contributed by atoms with Gasteiger partial charge in [0, 0.05) is 6.54 Å². The summed E-state index contributed by atoms with van der Waals surface area (Å²) in [6, 6.07) is 9.00. The summed E-state index contributed by atoms with van der Waals surface area (Å²) in [5.74, 6) is 1.14. The quantitative estimate of drug-likeness (QED) is 0.835. The Morgan fingerprint density at radius 1 is 1.11 bits per heavy atom. The maximum absolute atomic E-state index is 5.41. The molecule has 1 aromatic heterocycles. The SMILES string of the molecule is CNCc1nnc(NCc2ccc(C(C)C)cc2)o1. The van der Waals surface area contributed by atoms with Gasteiger partial charge in [-0.2, -0.15) is 0 Å². The van der Waals surface area contributed by atoms with Gasteiger partial charge in [0.1, 0.15) is 0 Å². The van der Waals surface area contributed by atoms with Crippen LogP contribution in [-0.2, 0) is 13.1 Å². The first-order valence-corrected chi connectivity index (χ1v) is 6.48. The largest absolute Gasteiger partial charge is 0.407 e. The number of hydrogen-bond acceptors (Lipinski definition) is 5. The van der Waals surface area contributed by atoms with Crippen LogP contribution in [0.25, 0.3) is 0 Å². The highest BCUT2D eigenvalue weighted by molar-refractivity contribution is 5.28. The molecular formula is C14H20N4O. The van der Waals surface area contributed by atoms with Crippen LogP contribution >= 0.6 is 0 Å². The number of nitrogens with one attached hydrogen (secondary N) is 2. The van der Waals surface area contributed by atoms with Crippen molar-refractivity contribution in [3.8, 4) is 0 Å². The minimum Gasteiger partial charge on any atom is -0.407 e. The van der Waals surface area contributed by atoms with Gasteiger partial charge in [-0.3, -0.25) is 0 Å². The molecule has 0 fully saturated rings. The Morgan fingerprint density at radius 2 is 1.84 bits per heavy atom. The molecule has 2 aromatic rings. The predicted molar refractivity (Wildman–Crippen MR) is 74.9 cm³/mol. The minimum atomic E-state index is 0.457. The molecule has 5 heteroatoms. The van der Waals surface area contributed by atoms with Gasteiger partial charge in [-0.1, -0.05) is 43.2 Å². The number of nitrogens with zero attached hydrogens (tertiary/aromatic N) is 2. The maximum atomic E-state index is 5.41. The zero-order valence-corrected chi connectivity index (χ0v) is 11.6. The second-order valence-electron chi connectivity index (χ2n) is 4.78. The topological polar surface area (TPSA) is 63.0 Å². The van der Waals surface area contributed by atoms with Crippen molar-refractivity contribution in [3.63, 3.8) is 0 Å². The molecule has 0 aliphatic carbocycles. The monoisotopic (exact) mass is 260 g/mol. The van der Waals surface area contributed by atoms with E-state index >= 15 is 0 Å². The molecule has 0 bridgehead atoms. The molecule has 1 aromatic carbocycles. The highest BCUT2D eigenvalue weighted by Gasteiger charge is 2.04. The van der Waals surface area contributed by atoms with Crippen molar-refractivity contribution in [2.75, 3.05) is 12.4 Å². The molecule has 0 saturated heterocycles. The van der Waals surface area contributed by atoms with Crippen molar-refractivity contribution in [2.45, 2.75) is 32.9 Å². The van der Waals surface area contributed by atoms with E-state index in [4.69, 9.17) is 4.42 Å². The fourth-order valence-electron chi connectivity index (χ4n) is 1.75. The Balaban J connectivity index is 1.90. The van der Waals surface area contributed by atoms with Crippen LogP contribution in [-0.4, -0.2) is 17.2 Å². The molecule has 0 amide bonds. The Bertz CT molecular complexity index is 504. The molecule has 0 aliphatic rings. The average Bonchev–Trinajstić information content (AvgIpc) is 2.85. The smallest absolute Gasteiger partial charge is 0.315 e. The van der Waals surface area contributed by atoms with E-state index < -0.39 is 0 Å². The van der Waals surface area contributed by atoms with E-state index in [1.165, 1.54) is 11.1 Å².